The summed E-state index contributed by atoms with van der Waals surface area (Å²) in [6.07, 6.45) is 4.72. The zero-order valence-electron chi connectivity index (χ0n) is 6.49. The predicted molar refractivity (Wildman–Crippen MR) is 39.5 cm³/mol. The molecule has 56 valence electrons. The van der Waals surface area contributed by atoms with Crippen molar-refractivity contribution in [3.63, 3.8) is 0 Å². The molecule has 1 aromatic heterocycles. The molecule has 1 atom stereocenters. The Labute approximate surface area is 61.1 Å². The first-order valence-corrected chi connectivity index (χ1v) is 3.65. The van der Waals surface area contributed by atoms with Crippen LogP contribution in [0, 0.1) is 5.92 Å². The van der Waals surface area contributed by atoms with Crippen molar-refractivity contribution in [1.29, 1.82) is 0 Å². The molecule has 1 rings (SSSR count). The molecule has 0 radical (unpaired) electrons. The summed E-state index contributed by atoms with van der Waals surface area (Å²) in [6, 6.07) is 0. The van der Waals surface area contributed by atoms with Gasteiger partial charge in [0.05, 0.1) is 0 Å². The third-order valence-electron chi connectivity index (χ3n) is 1.69. The van der Waals surface area contributed by atoms with Crippen molar-refractivity contribution >= 4 is 0 Å². The highest BCUT2D eigenvalue weighted by molar-refractivity contribution is 4.62. The van der Waals surface area contributed by atoms with E-state index in [1.807, 2.05) is 4.57 Å². The van der Waals surface area contributed by atoms with Crippen molar-refractivity contribution < 1.29 is 0 Å². The highest BCUT2D eigenvalue weighted by Gasteiger charge is 1.98. The van der Waals surface area contributed by atoms with Crippen LogP contribution in [0.15, 0.2) is 12.7 Å². The molecule has 0 saturated heterocycles. The zero-order chi connectivity index (χ0) is 7.40. The van der Waals surface area contributed by atoms with Crippen LogP contribution in [0.3, 0.4) is 0 Å². The van der Waals surface area contributed by atoms with Gasteiger partial charge in [-0.25, -0.2) is 0 Å². The molecule has 3 nitrogen and oxygen atoms in total. The fraction of sp³-hybridized carbons (Fsp3) is 0.714. The maximum absolute atomic E-state index is 3.72. The summed E-state index contributed by atoms with van der Waals surface area (Å²) in [4.78, 5) is 0. The van der Waals surface area contributed by atoms with Crippen molar-refractivity contribution in [3.8, 4) is 0 Å². The van der Waals surface area contributed by atoms with E-state index in [1.54, 1.807) is 12.7 Å². The lowest BCUT2D eigenvalue weighted by Gasteiger charge is -2.06. The summed E-state index contributed by atoms with van der Waals surface area (Å²) in [7, 11) is 0. The Morgan fingerprint density at radius 3 is 2.50 bits per heavy atom. The van der Waals surface area contributed by atoms with Gasteiger partial charge in [-0.05, 0) is 5.92 Å². The molecule has 10 heavy (non-hydrogen) atoms. The SMILES string of the molecule is CC[C@H](C)Cn1cnnc1. The largest absolute Gasteiger partial charge is 0.320 e. The van der Waals surface area contributed by atoms with Crippen molar-refractivity contribution in [2.75, 3.05) is 0 Å². The molecule has 1 heterocycles. The van der Waals surface area contributed by atoms with Gasteiger partial charge in [0.25, 0.3) is 0 Å². The summed E-state index contributed by atoms with van der Waals surface area (Å²) in [5.41, 5.74) is 0. The van der Waals surface area contributed by atoms with E-state index < -0.39 is 0 Å². The number of nitrogens with zero attached hydrogens (tertiary/aromatic N) is 3. The first kappa shape index (κ1) is 7.25. The number of rotatable bonds is 3. The van der Waals surface area contributed by atoms with Gasteiger partial charge in [0.15, 0.2) is 0 Å². The summed E-state index contributed by atoms with van der Waals surface area (Å²) in [6.45, 7) is 5.44. The van der Waals surface area contributed by atoms with Crippen LogP contribution in [0.4, 0.5) is 0 Å². The van der Waals surface area contributed by atoms with Crippen molar-refractivity contribution in [1.82, 2.24) is 14.8 Å². The number of hydrogen-bond donors (Lipinski definition) is 0. The van der Waals surface area contributed by atoms with E-state index >= 15 is 0 Å². The summed E-state index contributed by atoms with van der Waals surface area (Å²) < 4.78 is 2.01. The molecule has 1 aromatic rings. The highest BCUT2D eigenvalue weighted by Crippen LogP contribution is 2.02. The van der Waals surface area contributed by atoms with Gasteiger partial charge in [0.1, 0.15) is 12.7 Å². The fourth-order valence-corrected chi connectivity index (χ4v) is 0.805. The second-order valence-electron chi connectivity index (χ2n) is 2.67. The molecule has 0 amide bonds. The van der Waals surface area contributed by atoms with Crippen LogP contribution in [0.1, 0.15) is 20.3 Å². The average Bonchev–Trinajstić information content (AvgIpc) is 2.40. The molecule has 0 bridgehead atoms. The monoisotopic (exact) mass is 139 g/mol. The van der Waals surface area contributed by atoms with Crippen LogP contribution in [0.5, 0.6) is 0 Å². The van der Waals surface area contributed by atoms with E-state index in [0.29, 0.717) is 0 Å². The molecular formula is C7H13N3. The van der Waals surface area contributed by atoms with E-state index in [2.05, 4.69) is 24.0 Å². The second kappa shape index (κ2) is 3.34. The molecule has 0 aliphatic heterocycles. The fourth-order valence-electron chi connectivity index (χ4n) is 0.805. The minimum Gasteiger partial charge on any atom is -0.320 e. The van der Waals surface area contributed by atoms with Crippen molar-refractivity contribution in [3.05, 3.63) is 12.7 Å². The highest BCUT2D eigenvalue weighted by atomic mass is 15.2. The van der Waals surface area contributed by atoms with Crippen molar-refractivity contribution in [2.45, 2.75) is 26.8 Å². The van der Waals surface area contributed by atoms with Crippen LogP contribution in [-0.4, -0.2) is 14.8 Å². The maximum atomic E-state index is 3.72. The van der Waals surface area contributed by atoms with E-state index in [4.69, 9.17) is 0 Å². The van der Waals surface area contributed by atoms with Gasteiger partial charge in [-0.2, -0.15) is 0 Å². The first-order valence-electron chi connectivity index (χ1n) is 3.65. The zero-order valence-corrected chi connectivity index (χ0v) is 6.49. The maximum Gasteiger partial charge on any atom is 0.119 e. The Morgan fingerprint density at radius 1 is 1.40 bits per heavy atom. The molecule has 0 aliphatic carbocycles. The first-order chi connectivity index (χ1) is 4.83. The second-order valence-corrected chi connectivity index (χ2v) is 2.67. The lowest BCUT2D eigenvalue weighted by Crippen LogP contribution is -2.03. The predicted octanol–water partition coefficient (Wildman–Crippen LogP) is 1.32. The van der Waals surface area contributed by atoms with Crippen LogP contribution in [0.2, 0.25) is 0 Å². The van der Waals surface area contributed by atoms with Gasteiger partial charge in [-0.1, -0.05) is 20.3 Å². The molecule has 0 aromatic carbocycles. The summed E-state index contributed by atoms with van der Waals surface area (Å²) >= 11 is 0. The molecule has 0 N–H and O–H groups in total. The molecule has 0 spiro atoms. The van der Waals surface area contributed by atoms with Gasteiger partial charge in [-0.3, -0.25) is 0 Å². The van der Waals surface area contributed by atoms with Gasteiger partial charge < -0.3 is 4.57 Å². The van der Waals surface area contributed by atoms with Crippen LogP contribution in [-0.2, 0) is 6.54 Å². The van der Waals surface area contributed by atoms with E-state index in [9.17, 15) is 0 Å². The standard InChI is InChI=1S/C7H13N3/c1-3-7(2)4-10-5-8-9-6-10/h5-7H,3-4H2,1-2H3/t7-/m0/s1. The normalized spacial score (nSPS) is 13.4. The Hall–Kier alpha value is -0.860. The molecule has 0 aliphatic rings. The Bertz CT molecular complexity index is 169. The average molecular weight is 139 g/mol. The third kappa shape index (κ3) is 1.83. The van der Waals surface area contributed by atoms with E-state index in [1.165, 1.54) is 6.42 Å². The third-order valence-corrected chi connectivity index (χ3v) is 1.69. The molecule has 0 unspecified atom stereocenters. The van der Waals surface area contributed by atoms with Crippen LogP contribution < -0.4 is 0 Å². The summed E-state index contributed by atoms with van der Waals surface area (Å²) in [5.74, 6) is 0.719. The van der Waals surface area contributed by atoms with E-state index in [0.717, 1.165) is 12.5 Å². The smallest absolute Gasteiger partial charge is 0.119 e. The summed E-state index contributed by atoms with van der Waals surface area (Å²) in [5, 5.41) is 7.44. The molecule has 0 saturated carbocycles. The van der Waals surface area contributed by atoms with Gasteiger partial charge >= 0.3 is 0 Å². The Morgan fingerprint density at radius 2 is 2.00 bits per heavy atom. The van der Waals surface area contributed by atoms with Crippen LogP contribution >= 0.6 is 0 Å². The van der Waals surface area contributed by atoms with Gasteiger partial charge in [-0.15, -0.1) is 10.2 Å². The van der Waals surface area contributed by atoms with Crippen molar-refractivity contribution in [2.24, 2.45) is 5.92 Å². The molecular weight excluding hydrogens is 126 g/mol. The quantitative estimate of drug-likeness (QED) is 0.632. The topological polar surface area (TPSA) is 30.7 Å². The van der Waals surface area contributed by atoms with Gasteiger partial charge in [0, 0.05) is 6.54 Å². The van der Waals surface area contributed by atoms with E-state index in [-0.39, 0.29) is 0 Å². The molecule has 0 fully saturated rings. The minimum atomic E-state index is 0.719. The molecule has 3 heteroatoms. The van der Waals surface area contributed by atoms with Gasteiger partial charge in [0.2, 0.25) is 0 Å². The number of hydrogen-bond acceptors (Lipinski definition) is 2. The lowest BCUT2D eigenvalue weighted by atomic mass is 10.1. The minimum absolute atomic E-state index is 0.719. The Balaban J connectivity index is 2.40. The number of aromatic nitrogens is 3. The lowest BCUT2D eigenvalue weighted by molar-refractivity contribution is 0.467. The van der Waals surface area contributed by atoms with Crippen LogP contribution in [0.25, 0.3) is 0 Å². The Kier molecular flexibility index (Phi) is 2.42.